The number of nitrogens with zero attached hydrogens (tertiary/aromatic N) is 2. The molecule has 0 atom stereocenters. The van der Waals surface area contributed by atoms with E-state index in [1.54, 1.807) is 10.8 Å². The zero-order valence-electron chi connectivity index (χ0n) is 8.91. The van der Waals surface area contributed by atoms with E-state index in [0.29, 0.717) is 12.3 Å². The van der Waals surface area contributed by atoms with E-state index in [1.165, 1.54) is 0 Å². The molecule has 14 heavy (non-hydrogen) atoms. The van der Waals surface area contributed by atoms with Crippen molar-refractivity contribution in [3.63, 3.8) is 0 Å². The predicted molar refractivity (Wildman–Crippen MR) is 51.5 cm³/mol. The predicted octanol–water partition coefficient (Wildman–Crippen LogP) is 1.87. The number of hydrogen-bond donors (Lipinski definition) is 0. The first-order chi connectivity index (χ1) is 6.69. The first-order valence-corrected chi connectivity index (χ1v) is 4.89. The van der Waals surface area contributed by atoms with Gasteiger partial charge in [-0.1, -0.05) is 13.8 Å². The van der Waals surface area contributed by atoms with E-state index in [4.69, 9.17) is 4.74 Å². The van der Waals surface area contributed by atoms with Gasteiger partial charge in [-0.3, -0.25) is 0 Å². The van der Waals surface area contributed by atoms with Crippen LogP contribution in [0.25, 0.3) is 0 Å². The second-order valence-electron chi connectivity index (χ2n) is 3.13. The Hall–Kier alpha value is -1.19. The third kappa shape index (κ3) is 2.40. The average Bonchev–Trinajstić information content (AvgIpc) is 2.56. The molecular formula is C10H16N2O2+. The van der Waals surface area contributed by atoms with Crippen molar-refractivity contribution < 1.29 is 14.2 Å². The van der Waals surface area contributed by atoms with Gasteiger partial charge in [-0.15, -0.1) is 4.70 Å². The lowest BCUT2D eigenvalue weighted by molar-refractivity contribution is -0.537. The monoisotopic (exact) mass is 196 g/mol. The lowest BCUT2D eigenvalue weighted by Gasteiger charge is -1.97. The fraction of sp³-hybridized carbons (Fsp3) is 0.600. The molecule has 4 heteroatoms. The lowest BCUT2D eigenvalue weighted by atomic mass is 10.2. The number of azo groups is 2. The van der Waals surface area contributed by atoms with E-state index >= 15 is 0 Å². The van der Waals surface area contributed by atoms with Crippen molar-refractivity contribution in [1.82, 2.24) is 0 Å². The fourth-order valence-corrected chi connectivity index (χ4v) is 1.21. The Morgan fingerprint density at radius 1 is 1.57 bits per heavy atom. The highest BCUT2D eigenvalue weighted by atomic mass is 16.5. The smallest absolute Gasteiger partial charge is 0.363 e. The second kappa shape index (κ2) is 4.88. The first-order valence-electron chi connectivity index (χ1n) is 4.89. The summed E-state index contributed by atoms with van der Waals surface area (Å²) in [6.45, 7) is 4.44. The Kier molecular flexibility index (Phi) is 3.80. The average molecular weight is 196 g/mol. The molecule has 1 rings (SSSR count). The van der Waals surface area contributed by atoms with Crippen LogP contribution in [0.2, 0.25) is 0 Å². The van der Waals surface area contributed by atoms with Gasteiger partial charge in [0.2, 0.25) is 5.70 Å². The van der Waals surface area contributed by atoms with E-state index in [9.17, 15) is 4.79 Å². The number of carbonyl (C=O) groups excluding carboxylic acids is 1. The molecule has 1 heterocycles. The minimum atomic E-state index is -0.331. The third-order valence-electron chi connectivity index (χ3n) is 1.99. The van der Waals surface area contributed by atoms with E-state index < -0.39 is 0 Å². The van der Waals surface area contributed by atoms with Crippen LogP contribution in [-0.2, 0) is 9.53 Å². The molecule has 0 aromatic heterocycles. The molecule has 0 aromatic carbocycles. The highest BCUT2D eigenvalue weighted by molar-refractivity contribution is 5.88. The van der Waals surface area contributed by atoms with Crippen molar-refractivity contribution in [2.24, 2.45) is 5.11 Å². The summed E-state index contributed by atoms with van der Waals surface area (Å²) in [7, 11) is 1.83. The Morgan fingerprint density at radius 2 is 2.29 bits per heavy atom. The quantitative estimate of drug-likeness (QED) is 0.509. The number of hydrogen-bond acceptors (Lipinski definition) is 3. The van der Waals surface area contributed by atoms with Crippen LogP contribution in [0.5, 0.6) is 0 Å². The molecular weight excluding hydrogens is 180 g/mol. The van der Waals surface area contributed by atoms with Gasteiger partial charge in [0.15, 0.2) is 7.05 Å². The highest BCUT2D eigenvalue weighted by Crippen LogP contribution is 2.20. The standard InChI is InChI=1S/C10H16N2O2/c1-4-6-14-10(13)9-7-8(5-2)12(3)11-9/h7H,4-6H2,1-3H3/q+1. The van der Waals surface area contributed by atoms with Gasteiger partial charge in [0.25, 0.3) is 6.04 Å². The molecule has 0 fully saturated rings. The molecule has 77 valence electrons. The molecule has 0 N–H and O–H groups in total. The van der Waals surface area contributed by atoms with E-state index in [2.05, 4.69) is 5.11 Å². The van der Waals surface area contributed by atoms with Crippen LogP contribution in [0.1, 0.15) is 26.7 Å². The molecule has 1 radical (unpaired) electrons. The maximum absolute atomic E-state index is 11.4. The molecule has 0 amide bonds. The third-order valence-corrected chi connectivity index (χ3v) is 1.99. The van der Waals surface area contributed by atoms with Crippen LogP contribution in [0.3, 0.4) is 0 Å². The van der Waals surface area contributed by atoms with Crippen LogP contribution in [0, 0.1) is 6.04 Å². The summed E-state index contributed by atoms with van der Waals surface area (Å²) >= 11 is 0. The largest absolute Gasteiger partial charge is 0.461 e. The number of rotatable bonds is 4. The minimum Gasteiger partial charge on any atom is -0.461 e. The van der Waals surface area contributed by atoms with Gasteiger partial charge in [0, 0.05) is 17.6 Å². The number of carbonyl (C=O) groups is 1. The zero-order chi connectivity index (χ0) is 10.6. The highest BCUT2D eigenvalue weighted by Gasteiger charge is 2.29. The van der Waals surface area contributed by atoms with Crippen molar-refractivity contribution in [2.75, 3.05) is 13.7 Å². The normalized spacial score (nSPS) is 16.5. The Bertz CT molecular complexity index is 282. The Labute approximate surface area is 84.3 Å². The van der Waals surface area contributed by atoms with Crippen molar-refractivity contribution in [3.8, 4) is 0 Å². The van der Waals surface area contributed by atoms with Gasteiger partial charge in [-0.25, -0.2) is 4.79 Å². The van der Waals surface area contributed by atoms with Crippen molar-refractivity contribution >= 4 is 5.97 Å². The van der Waals surface area contributed by atoms with E-state index in [-0.39, 0.29) is 5.97 Å². The second-order valence-corrected chi connectivity index (χ2v) is 3.13. The van der Waals surface area contributed by atoms with Gasteiger partial charge in [0.1, 0.15) is 0 Å². The molecule has 1 aliphatic heterocycles. The topological polar surface area (TPSA) is 41.7 Å². The lowest BCUT2D eigenvalue weighted by Crippen LogP contribution is -2.06. The first kappa shape index (κ1) is 10.9. The van der Waals surface area contributed by atoms with Crippen LogP contribution >= 0.6 is 0 Å². The number of esters is 1. The Morgan fingerprint density at radius 3 is 2.79 bits per heavy atom. The van der Waals surface area contributed by atoms with Gasteiger partial charge in [-0.2, -0.15) is 0 Å². The van der Waals surface area contributed by atoms with Crippen molar-refractivity contribution in [3.05, 3.63) is 17.8 Å². The molecule has 4 nitrogen and oxygen atoms in total. The Balaban J connectivity index is 2.58. The molecule has 0 saturated heterocycles. The fourth-order valence-electron chi connectivity index (χ4n) is 1.21. The van der Waals surface area contributed by atoms with Gasteiger partial charge >= 0.3 is 5.97 Å². The van der Waals surface area contributed by atoms with Crippen LogP contribution in [0.4, 0.5) is 0 Å². The molecule has 0 aromatic rings. The van der Waals surface area contributed by atoms with E-state index in [0.717, 1.165) is 18.9 Å². The van der Waals surface area contributed by atoms with Crippen molar-refractivity contribution in [1.29, 1.82) is 0 Å². The van der Waals surface area contributed by atoms with Crippen molar-refractivity contribution in [2.45, 2.75) is 26.7 Å². The molecule has 0 saturated carbocycles. The summed E-state index contributed by atoms with van der Waals surface area (Å²) in [4.78, 5) is 11.4. The maximum Gasteiger partial charge on any atom is 0.363 e. The number of ether oxygens (including phenoxy) is 1. The van der Waals surface area contributed by atoms with Crippen LogP contribution in [-0.4, -0.2) is 24.3 Å². The molecule has 0 unspecified atom stereocenters. The van der Waals surface area contributed by atoms with Gasteiger partial charge in [-0.05, 0) is 6.42 Å². The summed E-state index contributed by atoms with van der Waals surface area (Å²) in [6, 6.07) is 1.04. The summed E-state index contributed by atoms with van der Waals surface area (Å²) in [5.74, 6) is -0.331. The maximum atomic E-state index is 11.4. The SMILES string of the molecule is CCCOC(=O)C1=C[C](CC)[N+](C)=N1. The van der Waals surface area contributed by atoms with E-state index in [1.807, 2.05) is 20.9 Å². The van der Waals surface area contributed by atoms with Crippen LogP contribution in [0.15, 0.2) is 16.9 Å². The van der Waals surface area contributed by atoms with Crippen LogP contribution < -0.4 is 0 Å². The summed E-state index contributed by atoms with van der Waals surface area (Å²) in [5, 5.41) is 4.08. The van der Waals surface area contributed by atoms with Gasteiger partial charge < -0.3 is 4.74 Å². The molecule has 0 bridgehead atoms. The summed E-state index contributed by atoms with van der Waals surface area (Å²) < 4.78 is 6.69. The summed E-state index contributed by atoms with van der Waals surface area (Å²) in [6.07, 6.45) is 3.47. The number of likely N-dealkylation sites (N-methyl/N-ethyl adjacent to an activating group) is 1. The molecule has 0 aliphatic carbocycles. The molecule has 1 aliphatic rings. The molecule has 0 spiro atoms. The minimum absolute atomic E-state index is 0.331. The van der Waals surface area contributed by atoms with Gasteiger partial charge in [0.05, 0.1) is 6.61 Å². The summed E-state index contributed by atoms with van der Waals surface area (Å²) in [5.41, 5.74) is 0.401. The zero-order valence-corrected chi connectivity index (χ0v) is 8.91.